The standard InChI is InChI=1S/C27H30Cl2F2N4/c1-17-2-7-27(35(33-17)21-4-6-24(28)25(29)13-21)18-8-10-34(11-9-18)16-19-14-32-15-23(19)22-5-3-20(30)12-26(22)31/h3-7,12-13,18-19,23,32H,2,8-11,14-16H2,1H3. The Kier molecular flexibility index (Phi) is 7.44. The van der Waals surface area contributed by atoms with Gasteiger partial charge in [0.25, 0.3) is 0 Å². The zero-order valence-electron chi connectivity index (χ0n) is 19.8. The largest absolute Gasteiger partial charge is 0.316 e. The fourth-order valence-electron chi connectivity index (χ4n) is 5.61. The number of piperidine rings is 1. The highest BCUT2D eigenvalue weighted by Crippen LogP contribution is 2.37. The van der Waals surface area contributed by atoms with Crippen molar-refractivity contribution in [1.29, 1.82) is 0 Å². The van der Waals surface area contributed by atoms with Crippen LogP contribution in [-0.4, -0.2) is 43.3 Å². The number of halogens is 4. The van der Waals surface area contributed by atoms with Crippen LogP contribution in [0.1, 0.15) is 37.7 Å². The first kappa shape index (κ1) is 24.7. The van der Waals surface area contributed by atoms with Crippen LogP contribution < -0.4 is 10.3 Å². The number of hydrazone groups is 1. The van der Waals surface area contributed by atoms with Gasteiger partial charge in [-0.15, -0.1) is 0 Å². The van der Waals surface area contributed by atoms with Gasteiger partial charge < -0.3 is 10.2 Å². The molecular weight excluding hydrogens is 489 g/mol. The molecule has 5 rings (SSSR count). The van der Waals surface area contributed by atoms with Gasteiger partial charge in [-0.05, 0) is 75.1 Å². The van der Waals surface area contributed by atoms with Gasteiger partial charge in [0.05, 0.1) is 15.7 Å². The molecule has 2 fully saturated rings. The number of benzene rings is 2. The number of likely N-dealkylation sites (tertiary alicyclic amines) is 1. The highest BCUT2D eigenvalue weighted by molar-refractivity contribution is 6.42. The fraction of sp³-hybridized carbons (Fsp3) is 0.444. The molecule has 3 aliphatic heterocycles. The van der Waals surface area contributed by atoms with E-state index in [2.05, 4.69) is 16.3 Å². The third kappa shape index (κ3) is 5.41. The van der Waals surface area contributed by atoms with Crippen LogP contribution >= 0.6 is 23.2 Å². The third-order valence-electron chi connectivity index (χ3n) is 7.47. The number of hydrogen-bond acceptors (Lipinski definition) is 4. The first-order valence-electron chi connectivity index (χ1n) is 12.3. The van der Waals surface area contributed by atoms with Crippen LogP contribution in [-0.2, 0) is 0 Å². The lowest BCUT2D eigenvalue weighted by Gasteiger charge is -2.38. The number of rotatable bonds is 5. The molecule has 0 amide bonds. The lowest BCUT2D eigenvalue weighted by Crippen LogP contribution is -2.40. The van der Waals surface area contributed by atoms with Crippen molar-refractivity contribution in [1.82, 2.24) is 10.2 Å². The highest BCUT2D eigenvalue weighted by atomic mass is 35.5. The SMILES string of the molecule is CC1=NN(c2ccc(Cl)c(Cl)c2)C(C2CCN(CC3CNCC3c3ccc(F)cc3F)CC2)=CC1. The van der Waals surface area contributed by atoms with E-state index < -0.39 is 11.6 Å². The van der Waals surface area contributed by atoms with Crippen molar-refractivity contribution in [3.8, 4) is 0 Å². The van der Waals surface area contributed by atoms with Crippen molar-refractivity contribution in [3.05, 3.63) is 75.4 Å². The number of nitrogens with one attached hydrogen (secondary N) is 1. The van der Waals surface area contributed by atoms with E-state index in [1.807, 2.05) is 30.1 Å². The van der Waals surface area contributed by atoms with Gasteiger partial charge in [-0.1, -0.05) is 35.3 Å². The molecule has 2 atom stereocenters. The fourth-order valence-corrected chi connectivity index (χ4v) is 5.90. The second-order valence-corrected chi connectivity index (χ2v) is 10.7. The van der Waals surface area contributed by atoms with Crippen molar-refractivity contribution in [2.24, 2.45) is 16.9 Å². The summed E-state index contributed by atoms with van der Waals surface area (Å²) >= 11 is 12.4. The van der Waals surface area contributed by atoms with E-state index in [4.69, 9.17) is 28.3 Å². The maximum atomic E-state index is 14.4. The molecule has 35 heavy (non-hydrogen) atoms. The molecule has 8 heteroatoms. The Bertz CT molecular complexity index is 1140. The van der Waals surface area contributed by atoms with Gasteiger partial charge >= 0.3 is 0 Å². The molecule has 3 heterocycles. The van der Waals surface area contributed by atoms with E-state index >= 15 is 0 Å². The molecule has 0 radical (unpaired) electrons. The molecule has 1 N–H and O–H groups in total. The van der Waals surface area contributed by atoms with E-state index in [0.717, 1.165) is 69.5 Å². The first-order valence-corrected chi connectivity index (χ1v) is 13.0. The molecular formula is C27H30Cl2F2N4. The summed E-state index contributed by atoms with van der Waals surface area (Å²) in [7, 11) is 0. The molecule has 2 aromatic carbocycles. The maximum absolute atomic E-state index is 14.4. The molecule has 0 spiro atoms. The second kappa shape index (κ2) is 10.6. The van der Waals surface area contributed by atoms with Gasteiger partial charge in [-0.25, -0.2) is 13.8 Å². The van der Waals surface area contributed by atoms with Crippen LogP contribution in [0, 0.1) is 23.5 Å². The number of nitrogens with zero attached hydrogens (tertiary/aromatic N) is 3. The van der Waals surface area contributed by atoms with Gasteiger partial charge in [-0.3, -0.25) is 0 Å². The molecule has 4 nitrogen and oxygen atoms in total. The Morgan fingerprint density at radius 1 is 1.03 bits per heavy atom. The van der Waals surface area contributed by atoms with Crippen LogP contribution in [0.15, 0.2) is 53.3 Å². The summed E-state index contributed by atoms with van der Waals surface area (Å²) in [5, 5.41) is 11.3. The lowest BCUT2D eigenvalue weighted by atomic mass is 9.86. The lowest BCUT2D eigenvalue weighted by molar-refractivity contribution is 0.169. The Hall–Kier alpha value is -1.99. The monoisotopic (exact) mass is 518 g/mol. The van der Waals surface area contributed by atoms with Crippen LogP contribution in [0.2, 0.25) is 10.0 Å². The third-order valence-corrected chi connectivity index (χ3v) is 8.21. The Morgan fingerprint density at radius 3 is 2.57 bits per heavy atom. The molecule has 0 aliphatic carbocycles. The van der Waals surface area contributed by atoms with E-state index in [1.165, 1.54) is 11.8 Å². The highest BCUT2D eigenvalue weighted by Gasteiger charge is 2.34. The summed E-state index contributed by atoms with van der Waals surface area (Å²) in [6.07, 6.45) is 5.22. The average molecular weight is 519 g/mol. The van der Waals surface area contributed by atoms with Crippen molar-refractivity contribution >= 4 is 34.6 Å². The summed E-state index contributed by atoms with van der Waals surface area (Å²) in [5.41, 5.74) is 3.83. The van der Waals surface area contributed by atoms with Crippen molar-refractivity contribution in [3.63, 3.8) is 0 Å². The molecule has 2 unspecified atom stereocenters. The summed E-state index contributed by atoms with van der Waals surface area (Å²) in [6.45, 7) is 6.49. The maximum Gasteiger partial charge on any atom is 0.129 e. The second-order valence-electron chi connectivity index (χ2n) is 9.84. The minimum absolute atomic E-state index is 0.0665. The van der Waals surface area contributed by atoms with Crippen LogP contribution in [0.4, 0.5) is 14.5 Å². The van der Waals surface area contributed by atoms with Gasteiger partial charge in [0.1, 0.15) is 11.6 Å². The Labute approximate surface area is 215 Å². The molecule has 2 saturated heterocycles. The minimum Gasteiger partial charge on any atom is -0.316 e. The Morgan fingerprint density at radius 2 is 1.83 bits per heavy atom. The number of allylic oxidation sites excluding steroid dienone is 2. The van der Waals surface area contributed by atoms with E-state index in [-0.39, 0.29) is 5.92 Å². The van der Waals surface area contributed by atoms with Crippen molar-refractivity contribution in [2.45, 2.75) is 32.1 Å². The number of anilines is 1. The van der Waals surface area contributed by atoms with E-state index in [0.29, 0.717) is 27.4 Å². The Balaban J connectivity index is 1.24. The van der Waals surface area contributed by atoms with Gasteiger partial charge in [0.15, 0.2) is 0 Å². The summed E-state index contributed by atoms with van der Waals surface area (Å²) < 4.78 is 27.8. The predicted molar refractivity (Wildman–Crippen MR) is 139 cm³/mol. The topological polar surface area (TPSA) is 30.9 Å². The molecule has 0 bridgehead atoms. The molecule has 0 aromatic heterocycles. The molecule has 2 aromatic rings. The first-order chi connectivity index (χ1) is 16.9. The quantitative estimate of drug-likeness (QED) is 0.492. The predicted octanol–water partition coefficient (Wildman–Crippen LogP) is 6.46. The average Bonchev–Trinajstić information content (AvgIpc) is 3.29. The smallest absolute Gasteiger partial charge is 0.129 e. The molecule has 3 aliphatic rings. The zero-order chi connectivity index (χ0) is 24.5. The van der Waals surface area contributed by atoms with Crippen LogP contribution in [0.25, 0.3) is 0 Å². The van der Waals surface area contributed by atoms with Crippen LogP contribution in [0.3, 0.4) is 0 Å². The van der Waals surface area contributed by atoms with E-state index in [9.17, 15) is 8.78 Å². The summed E-state index contributed by atoms with van der Waals surface area (Å²) in [4.78, 5) is 2.49. The minimum atomic E-state index is -0.526. The van der Waals surface area contributed by atoms with Gasteiger partial charge in [-0.2, -0.15) is 5.10 Å². The van der Waals surface area contributed by atoms with Crippen LogP contribution in [0.5, 0.6) is 0 Å². The summed E-state index contributed by atoms with van der Waals surface area (Å²) in [5.74, 6) is -0.186. The zero-order valence-corrected chi connectivity index (χ0v) is 21.3. The van der Waals surface area contributed by atoms with Crippen molar-refractivity contribution in [2.75, 3.05) is 37.7 Å². The molecule has 0 saturated carbocycles. The van der Waals surface area contributed by atoms with Gasteiger partial charge in [0.2, 0.25) is 0 Å². The van der Waals surface area contributed by atoms with E-state index in [1.54, 1.807) is 6.07 Å². The van der Waals surface area contributed by atoms with Gasteiger partial charge in [0, 0.05) is 48.8 Å². The summed E-state index contributed by atoms with van der Waals surface area (Å²) in [6, 6.07) is 9.61. The van der Waals surface area contributed by atoms with Crippen molar-refractivity contribution < 1.29 is 8.78 Å². The number of hydrogen-bond donors (Lipinski definition) is 1. The normalized spacial score (nSPS) is 24.0. The molecule has 186 valence electrons.